The number of ether oxygens (including phenoxy) is 2. The number of aliphatic hydroxyl groups is 1. The Morgan fingerprint density at radius 3 is 2.44 bits per heavy atom. The first-order chi connectivity index (χ1) is 8.42. The van der Waals surface area contributed by atoms with Crippen LogP contribution in [-0.2, 0) is 6.61 Å². The van der Waals surface area contributed by atoms with Gasteiger partial charge in [0.2, 0.25) is 6.10 Å². The van der Waals surface area contributed by atoms with Crippen LogP contribution in [0.2, 0.25) is 0 Å². The van der Waals surface area contributed by atoms with Crippen molar-refractivity contribution >= 4 is 0 Å². The van der Waals surface area contributed by atoms with Gasteiger partial charge in [0.25, 0.3) is 0 Å². The van der Waals surface area contributed by atoms with E-state index in [1.807, 2.05) is 0 Å². The normalized spacial score (nSPS) is 13.2. The maximum absolute atomic E-state index is 12.5. The van der Waals surface area contributed by atoms with Crippen molar-refractivity contribution in [2.24, 2.45) is 5.73 Å². The van der Waals surface area contributed by atoms with E-state index in [4.69, 9.17) is 20.3 Å². The third kappa shape index (κ3) is 3.51. The van der Waals surface area contributed by atoms with Crippen molar-refractivity contribution in [3.05, 3.63) is 23.8 Å². The molecule has 0 bridgehead atoms. The maximum Gasteiger partial charge on any atom is 0.426 e. The molecule has 18 heavy (non-hydrogen) atoms. The van der Waals surface area contributed by atoms with Crippen molar-refractivity contribution in [2.75, 3.05) is 13.7 Å². The highest BCUT2D eigenvalue weighted by molar-refractivity contribution is 5.43. The fraction of sp³-hybridized carbons (Fsp3) is 0.455. The predicted molar refractivity (Wildman–Crippen MR) is 58.4 cm³/mol. The first-order valence-electron chi connectivity index (χ1n) is 5.13. The van der Waals surface area contributed by atoms with Crippen LogP contribution in [-0.4, -0.2) is 31.0 Å². The van der Waals surface area contributed by atoms with E-state index in [0.717, 1.165) is 0 Å². The van der Waals surface area contributed by atoms with Gasteiger partial charge in [0, 0.05) is 6.54 Å². The molecule has 0 aliphatic carbocycles. The number of halogens is 3. The molecule has 0 fully saturated rings. The fourth-order valence-corrected chi connectivity index (χ4v) is 1.31. The largest absolute Gasteiger partial charge is 0.493 e. The Hall–Kier alpha value is -1.47. The van der Waals surface area contributed by atoms with Crippen LogP contribution in [0, 0.1) is 0 Å². The van der Waals surface area contributed by atoms with Crippen molar-refractivity contribution < 1.29 is 27.8 Å². The summed E-state index contributed by atoms with van der Waals surface area (Å²) in [5.74, 6) is 0.0479. The van der Waals surface area contributed by atoms with Gasteiger partial charge in [-0.15, -0.1) is 0 Å². The number of hydrogen-bond donors (Lipinski definition) is 2. The van der Waals surface area contributed by atoms with Gasteiger partial charge in [-0.3, -0.25) is 0 Å². The average Bonchev–Trinajstić information content (AvgIpc) is 2.34. The molecule has 4 nitrogen and oxygen atoms in total. The van der Waals surface area contributed by atoms with Crippen LogP contribution >= 0.6 is 0 Å². The van der Waals surface area contributed by atoms with Crippen LogP contribution in [0.15, 0.2) is 18.2 Å². The van der Waals surface area contributed by atoms with Crippen LogP contribution in [0.3, 0.4) is 0 Å². The molecule has 0 saturated heterocycles. The molecule has 0 spiro atoms. The second-order valence-electron chi connectivity index (χ2n) is 3.53. The molecule has 0 aliphatic heterocycles. The molecule has 7 heteroatoms. The summed E-state index contributed by atoms with van der Waals surface area (Å²) < 4.78 is 47.2. The van der Waals surface area contributed by atoms with Gasteiger partial charge in [0.1, 0.15) is 0 Å². The zero-order chi connectivity index (χ0) is 13.8. The summed E-state index contributed by atoms with van der Waals surface area (Å²) in [6, 6.07) is 4.15. The van der Waals surface area contributed by atoms with Gasteiger partial charge in [-0.2, -0.15) is 13.2 Å². The topological polar surface area (TPSA) is 64.7 Å². The summed E-state index contributed by atoms with van der Waals surface area (Å²) in [6.07, 6.45) is -6.64. The lowest BCUT2D eigenvalue weighted by Crippen LogP contribution is -2.40. The zero-order valence-corrected chi connectivity index (χ0v) is 9.70. The lowest BCUT2D eigenvalue weighted by molar-refractivity contribution is -0.191. The smallest absolute Gasteiger partial charge is 0.426 e. The summed E-state index contributed by atoms with van der Waals surface area (Å²) in [4.78, 5) is 0. The van der Waals surface area contributed by atoms with Gasteiger partial charge < -0.3 is 20.3 Å². The van der Waals surface area contributed by atoms with E-state index in [2.05, 4.69) is 0 Å². The third-order valence-corrected chi connectivity index (χ3v) is 2.26. The highest BCUT2D eigenvalue weighted by Crippen LogP contribution is 2.32. The number of methoxy groups -OCH3 is 1. The molecular formula is C11H14F3NO3. The molecule has 0 saturated carbocycles. The van der Waals surface area contributed by atoms with Gasteiger partial charge in [0.15, 0.2) is 11.5 Å². The van der Waals surface area contributed by atoms with Gasteiger partial charge in [-0.25, -0.2) is 0 Å². The second-order valence-corrected chi connectivity index (χ2v) is 3.53. The number of aliphatic hydroxyl groups excluding tert-OH is 1. The Balaban J connectivity index is 2.96. The van der Waals surface area contributed by atoms with Gasteiger partial charge in [-0.1, -0.05) is 6.07 Å². The van der Waals surface area contributed by atoms with E-state index in [9.17, 15) is 13.2 Å². The van der Waals surface area contributed by atoms with Crippen LogP contribution in [0.1, 0.15) is 5.56 Å². The van der Waals surface area contributed by atoms with E-state index >= 15 is 0 Å². The number of nitrogens with two attached hydrogens (primary N) is 1. The van der Waals surface area contributed by atoms with E-state index in [1.54, 1.807) is 0 Å². The molecule has 1 atom stereocenters. The van der Waals surface area contributed by atoms with E-state index in [-0.39, 0.29) is 18.1 Å². The molecule has 0 radical (unpaired) electrons. The SMILES string of the molecule is COc1cc(CO)ccc1OC(CN)C(F)(F)F. The van der Waals surface area contributed by atoms with E-state index in [1.165, 1.54) is 25.3 Å². The summed E-state index contributed by atoms with van der Waals surface area (Å²) in [5, 5.41) is 8.91. The monoisotopic (exact) mass is 265 g/mol. The summed E-state index contributed by atoms with van der Waals surface area (Å²) >= 11 is 0. The molecule has 1 aromatic carbocycles. The van der Waals surface area contributed by atoms with Crippen molar-refractivity contribution in [1.82, 2.24) is 0 Å². The van der Waals surface area contributed by atoms with Crippen LogP contribution in [0.5, 0.6) is 11.5 Å². The highest BCUT2D eigenvalue weighted by atomic mass is 19.4. The zero-order valence-electron chi connectivity index (χ0n) is 9.70. The highest BCUT2D eigenvalue weighted by Gasteiger charge is 2.41. The first-order valence-corrected chi connectivity index (χ1v) is 5.13. The van der Waals surface area contributed by atoms with Crippen molar-refractivity contribution in [3.63, 3.8) is 0 Å². The molecule has 102 valence electrons. The van der Waals surface area contributed by atoms with Gasteiger partial charge >= 0.3 is 6.18 Å². The lowest BCUT2D eigenvalue weighted by Gasteiger charge is -2.21. The molecule has 0 heterocycles. The van der Waals surface area contributed by atoms with Gasteiger partial charge in [0.05, 0.1) is 13.7 Å². The second kappa shape index (κ2) is 5.92. The minimum absolute atomic E-state index is 0.0672. The Bertz CT molecular complexity index is 396. The minimum atomic E-state index is -4.55. The molecule has 0 aliphatic rings. The number of alkyl halides is 3. The molecule has 1 aromatic rings. The van der Waals surface area contributed by atoms with Gasteiger partial charge in [-0.05, 0) is 17.7 Å². The summed E-state index contributed by atoms with van der Waals surface area (Å²) in [7, 11) is 1.30. The molecule has 3 N–H and O–H groups in total. The van der Waals surface area contributed by atoms with Crippen molar-refractivity contribution in [1.29, 1.82) is 0 Å². The van der Waals surface area contributed by atoms with Crippen molar-refractivity contribution in [3.8, 4) is 11.5 Å². The van der Waals surface area contributed by atoms with E-state index in [0.29, 0.717) is 5.56 Å². The van der Waals surface area contributed by atoms with Crippen LogP contribution in [0.25, 0.3) is 0 Å². The van der Waals surface area contributed by atoms with Crippen LogP contribution < -0.4 is 15.2 Å². The summed E-state index contributed by atoms with van der Waals surface area (Å²) in [6.45, 7) is -0.926. The molecular weight excluding hydrogens is 251 g/mol. The number of hydrogen-bond acceptors (Lipinski definition) is 4. The van der Waals surface area contributed by atoms with Crippen LogP contribution in [0.4, 0.5) is 13.2 Å². The third-order valence-electron chi connectivity index (χ3n) is 2.26. The molecule has 0 amide bonds. The Kier molecular flexibility index (Phi) is 4.80. The minimum Gasteiger partial charge on any atom is -0.493 e. The van der Waals surface area contributed by atoms with Crippen molar-refractivity contribution in [2.45, 2.75) is 18.9 Å². The predicted octanol–water partition coefficient (Wildman–Crippen LogP) is 1.46. The number of benzene rings is 1. The Labute approximate surface area is 102 Å². The quantitative estimate of drug-likeness (QED) is 0.846. The summed E-state index contributed by atoms with van der Waals surface area (Å²) in [5.41, 5.74) is 5.54. The average molecular weight is 265 g/mol. The van der Waals surface area contributed by atoms with E-state index < -0.39 is 18.8 Å². The first kappa shape index (κ1) is 14.6. The molecule has 0 aromatic heterocycles. The fourth-order valence-electron chi connectivity index (χ4n) is 1.31. The lowest BCUT2D eigenvalue weighted by atomic mass is 10.2. The number of rotatable bonds is 5. The molecule has 1 rings (SSSR count). The Morgan fingerprint density at radius 1 is 1.33 bits per heavy atom. The molecule has 1 unspecified atom stereocenters. The maximum atomic E-state index is 12.5. The standard InChI is InChI=1S/C11H14F3NO3/c1-17-9-4-7(6-16)2-3-8(9)18-10(5-15)11(12,13)14/h2-4,10,16H,5-6,15H2,1H3. The Morgan fingerprint density at radius 2 is 2.00 bits per heavy atom.